The fourth-order valence-corrected chi connectivity index (χ4v) is 1.57. The fraction of sp³-hybridized carbons (Fsp3) is 0.750. The van der Waals surface area contributed by atoms with Gasteiger partial charge in [0.15, 0.2) is 0 Å². The summed E-state index contributed by atoms with van der Waals surface area (Å²) in [5, 5.41) is 0. The molecule has 1 amide bonds. The van der Waals surface area contributed by atoms with Gasteiger partial charge in [-0.1, -0.05) is 6.08 Å². The molecule has 4 nitrogen and oxygen atoms in total. The van der Waals surface area contributed by atoms with Crippen LogP contribution in [-0.2, 0) is 14.3 Å². The Morgan fingerprint density at radius 2 is 2.44 bits per heavy atom. The lowest BCUT2D eigenvalue weighted by Gasteiger charge is -2.31. The van der Waals surface area contributed by atoms with E-state index in [0.717, 1.165) is 13.0 Å². The van der Waals surface area contributed by atoms with Gasteiger partial charge in [0.2, 0.25) is 5.91 Å². The number of carbonyl (C=O) groups excluding carboxylic acids is 1. The predicted octanol–water partition coefficient (Wildman–Crippen LogP) is 1.21. The molecule has 1 rings (SSSR count). The minimum atomic E-state index is -0.0243. The summed E-state index contributed by atoms with van der Waals surface area (Å²) in [5.74, 6) is 0.0580. The summed E-state index contributed by atoms with van der Waals surface area (Å²) in [4.78, 5) is 13.3. The molecule has 1 fully saturated rings. The summed E-state index contributed by atoms with van der Waals surface area (Å²) < 4.78 is 10.7. The van der Waals surface area contributed by atoms with E-state index in [2.05, 4.69) is 6.58 Å². The molecule has 1 unspecified atom stereocenters. The Hall–Kier alpha value is -0.870. The van der Waals surface area contributed by atoms with E-state index >= 15 is 0 Å². The topological polar surface area (TPSA) is 38.8 Å². The van der Waals surface area contributed by atoms with E-state index in [1.54, 1.807) is 6.08 Å². The zero-order chi connectivity index (χ0) is 12.0. The van der Waals surface area contributed by atoms with Gasteiger partial charge in [0.1, 0.15) is 6.61 Å². The standard InChI is InChI=1S/C12H21NO3/c1-4-11-8-13(12(14)9-16-11)6-5-7-15-10(2)3/h4,10-11H,1,5-9H2,2-3H3. The van der Waals surface area contributed by atoms with Crippen LogP contribution in [0.1, 0.15) is 20.3 Å². The van der Waals surface area contributed by atoms with Crippen LogP contribution in [0.3, 0.4) is 0 Å². The van der Waals surface area contributed by atoms with Crippen molar-refractivity contribution in [1.82, 2.24) is 4.90 Å². The first-order chi connectivity index (χ1) is 7.63. The average molecular weight is 227 g/mol. The molecule has 0 aliphatic carbocycles. The maximum atomic E-state index is 11.5. The minimum absolute atomic E-state index is 0.0243. The first-order valence-electron chi connectivity index (χ1n) is 5.77. The Balaban J connectivity index is 2.23. The molecular formula is C12H21NO3. The summed E-state index contributed by atoms with van der Waals surface area (Å²) in [5.41, 5.74) is 0. The Morgan fingerprint density at radius 1 is 1.69 bits per heavy atom. The molecule has 0 aromatic carbocycles. The predicted molar refractivity (Wildman–Crippen MR) is 62.2 cm³/mol. The van der Waals surface area contributed by atoms with Crippen LogP contribution in [0, 0.1) is 0 Å². The third-order valence-corrected chi connectivity index (χ3v) is 2.46. The highest BCUT2D eigenvalue weighted by Gasteiger charge is 2.23. The van der Waals surface area contributed by atoms with Gasteiger partial charge < -0.3 is 14.4 Å². The molecule has 0 aromatic rings. The number of ether oxygens (including phenoxy) is 2. The lowest BCUT2D eigenvalue weighted by atomic mass is 10.2. The van der Waals surface area contributed by atoms with Crippen LogP contribution in [0.2, 0.25) is 0 Å². The van der Waals surface area contributed by atoms with Gasteiger partial charge in [0.25, 0.3) is 0 Å². The highest BCUT2D eigenvalue weighted by atomic mass is 16.5. The van der Waals surface area contributed by atoms with Crippen molar-refractivity contribution in [2.45, 2.75) is 32.5 Å². The number of hydrogen-bond acceptors (Lipinski definition) is 3. The maximum absolute atomic E-state index is 11.5. The second kappa shape index (κ2) is 6.66. The van der Waals surface area contributed by atoms with E-state index in [-0.39, 0.29) is 24.7 Å². The molecule has 0 saturated carbocycles. The second-order valence-corrected chi connectivity index (χ2v) is 4.20. The maximum Gasteiger partial charge on any atom is 0.248 e. The molecule has 0 aromatic heterocycles. The van der Waals surface area contributed by atoms with Crippen molar-refractivity contribution in [3.05, 3.63) is 12.7 Å². The van der Waals surface area contributed by atoms with Crippen LogP contribution in [-0.4, -0.2) is 49.3 Å². The third-order valence-electron chi connectivity index (χ3n) is 2.46. The second-order valence-electron chi connectivity index (χ2n) is 4.20. The molecule has 92 valence electrons. The SMILES string of the molecule is C=CC1CN(CCCOC(C)C)C(=O)CO1. The van der Waals surface area contributed by atoms with Crippen LogP contribution < -0.4 is 0 Å². The molecule has 1 saturated heterocycles. The van der Waals surface area contributed by atoms with Crippen LogP contribution >= 0.6 is 0 Å². The highest BCUT2D eigenvalue weighted by molar-refractivity contribution is 5.78. The van der Waals surface area contributed by atoms with E-state index in [0.29, 0.717) is 13.2 Å². The van der Waals surface area contributed by atoms with Crippen LogP contribution in [0.4, 0.5) is 0 Å². The van der Waals surface area contributed by atoms with E-state index in [1.807, 2.05) is 18.7 Å². The fourth-order valence-electron chi connectivity index (χ4n) is 1.57. The molecule has 1 aliphatic heterocycles. The Morgan fingerprint density at radius 3 is 3.06 bits per heavy atom. The summed E-state index contributed by atoms with van der Waals surface area (Å²) in [7, 11) is 0. The molecule has 1 atom stereocenters. The molecule has 0 N–H and O–H groups in total. The first-order valence-corrected chi connectivity index (χ1v) is 5.77. The molecule has 0 spiro atoms. The normalized spacial score (nSPS) is 21.6. The van der Waals surface area contributed by atoms with Crippen molar-refractivity contribution in [2.24, 2.45) is 0 Å². The summed E-state index contributed by atoms with van der Waals surface area (Å²) in [6, 6.07) is 0. The number of nitrogens with zero attached hydrogens (tertiary/aromatic N) is 1. The highest BCUT2D eigenvalue weighted by Crippen LogP contribution is 2.07. The summed E-state index contributed by atoms with van der Waals surface area (Å²) in [6.45, 7) is 9.91. The van der Waals surface area contributed by atoms with E-state index in [9.17, 15) is 4.79 Å². The van der Waals surface area contributed by atoms with E-state index in [4.69, 9.17) is 9.47 Å². The number of hydrogen-bond donors (Lipinski definition) is 0. The average Bonchev–Trinajstić information content (AvgIpc) is 2.26. The Bertz CT molecular complexity index is 240. The molecule has 4 heteroatoms. The number of amides is 1. The molecular weight excluding hydrogens is 206 g/mol. The Labute approximate surface area is 97.2 Å². The van der Waals surface area contributed by atoms with Gasteiger partial charge >= 0.3 is 0 Å². The van der Waals surface area contributed by atoms with Crippen LogP contribution in [0.5, 0.6) is 0 Å². The van der Waals surface area contributed by atoms with Gasteiger partial charge in [0, 0.05) is 13.2 Å². The largest absolute Gasteiger partial charge is 0.379 e. The molecule has 0 bridgehead atoms. The van der Waals surface area contributed by atoms with Crippen molar-refractivity contribution in [2.75, 3.05) is 26.3 Å². The van der Waals surface area contributed by atoms with Crippen molar-refractivity contribution >= 4 is 5.91 Å². The van der Waals surface area contributed by atoms with Gasteiger partial charge in [0.05, 0.1) is 18.8 Å². The van der Waals surface area contributed by atoms with Gasteiger partial charge in [-0.25, -0.2) is 0 Å². The smallest absolute Gasteiger partial charge is 0.248 e. The van der Waals surface area contributed by atoms with E-state index < -0.39 is 0 Å². The van der Waals surface area contributed by atoms with Crippen LogP contribution in [0.15, 0.2) is 12.7 Å². The van der Waals surface area contributed by atoms with Crippen molar-refractivity contribution in [3.8, 4) is 0 Å². The monoisotopic (exact) mass is 227 g/mol. The third kappa shape index (κ3) is 4.33. The Kier molecular flexibility index (Phi) is 5.49. The van der Waals surface area contributed by atoms with E-state index in [1.165, 1.54) is 0 Å². The molecule has 16 heavy (non-hydrogen) atoms. The van der Waals surface area contributed by atoms with Gasteiger partial charge in [-0.15, -0.1) is 6.58 Å². The van der Waals surface area contributed by atoms with Crippen molar-refractivity contribution in [3.63, 3.8) is 0 Å². The lowest BCUT2D eigenvalue weighted by molar-refractivity contribution is -0.146. The first kappa shape index (κ1) is 13.2. The van der Waals surface area contributed by atoms with Gasteiger partial charge in [-0.2, -0.15) is 0 Å². The van der Waals surface area contributed by atoms with Crippen molar-refractivity contribution < 1.29 is 14.3 Å². The lowest BCUT2D eigenvalue weighted by Crippen LogP contribution is -2.46. The minimum Gasteiger partial charge on any atom is -0.379 e. The quantitative estimate of drug-likeness (QED) is 0.506. The zero-order valence-corrected chi connectivity index (χ0v) is 10.1. The zero-order valence-electron chi connectivity index (χ0n) is 10.1. The number of rotatable bonds is 6. The number of carbonyl (C=O) groups is 1. The number of morpholine rings is 1. The summed E-state index contributed by atoms with van der Waals surface area (Å²) in [6.07, 6.45) is 2.84. The molecule has 1 heterocycles. The van der Waals surface area contributed by atoms with Gasteiger partial charge in [-0.05, 0) is 20.3 Å². The summed E-state index contributed by atoms with van der Waals surface area (Å²) >= 11 is 0. The van der Waals surface area contributed by atoms with Crippen molar-refractivity contribution in [1.29, 1.82) is 0 Å². The molecule has 0 radical (unpaired) electrons. The van der Waals surface area contributed by atoms with Gasteiger partial charge in [-0.3, -0.25) is 4.79 Å². The molecule has 1 aliphatic rings. The van der Waals surface area contributed by atoms with Crippen LogP contribution in [0.25, 0.3) is 0 Å².